The summed E-state index contributed by atoms with van der Waals surface area (Å²) < 4.78 is 11.3. The second-order valence-electron chi connectivity index (χ2n) is 7.03. The van der Waals surface area contributed by atoms with E-state index in [4.69, 9.17) is 9.47 Å². The fourth-order valence-corrected chi connectivity index (χ4v) is 2.82. The third kappa shape index (κ3) is 6.10. The van der Waals surface area contributed by atoms with Crippen molar-refractivity contribution in [3.63, 3.8) is 0 Å². The molecule has 0 atom stereocenters. The molecule has 1 N–H and O–H groups in total. The molecule has 5 nitrogen and oxygen atoms in total. The lowest BCUT2D eigenvalue weighted by Crippen LogP contribution is -2.20. The number of carbonyl (C=O) groups is 2. The van der Waals surface area contributed by atoms with Gasteiger partial charge in [-0.25, -0.2) is 4.79 Å². The van der Waals surface area contributed by atoms with E-state index in [-0.39, 0.29) is 23.9 Å². The highest BCUT2D eigenvalue weighted by atomic mass is 79.9. The SMILES string of the molecule is CCOC(=O)c1ccc(NC(=O)COc2ccc(C(C)(C)C)cc2Br)cc1. The van der Waals surface area contributed by atoms with E-state index in [1.807, 2.05) is 18.2 Å². The summed E-state index contributed by atoms with van der Waals surface area (Å²) in [6.45, 7) is 8.36. The van der Waals surface area contributed by atoms with Crippen molar-refractivity contribution in [1.82, 2.24) is 0 Å². The third-order valence-electron chi connectivity index (χ3n) is 3.84. The van der Waals surface area contributed by atoms with Crippen LogP contribution in [0.5, 0.6) is 5.75 Å². The van der Waals surface area contributed by atoms with Gasteiger partial charge in [0.15, 0.2) is 6.61 Å². The zero-order chi connectivity index (χ0) is 20.0. The van der Waals surface area contributed by atoms with Gasteiger partial charge in [0, 0.05) is 5.69 Å². The number of rotatable bonds is 6. The highest BCUT2D eigenvalue weighted by molar-refractivity contribution is 9.10. The van der Waals surface area contributed by atoms with Crippen LogP contribution in [-0.4, -0.2) is 25.1 Å². The van der Waals surface area contributed by atoms with Crippen molar-refractivity contribution in [2.45, 2.75) is 33.1 Å². The van der Waals surface area contributed by atoms with Crippen LogP contribution in [0.25, 0.3) is 0 Å². The van der Waals surface area contributed by atoms with Crippen LogP contribution in [0, 0.1) is 0 Å². The average Bonchev–Trinajstić information content (AvgIpc) is 2.60. The molecule has 0 heterocycles. The van der Waals surface area contributed by atoms with E-state index in [1.165, 1.54) is 5.56 Å². The molecule has 2 aromatic rings. The first-order chi connectivity index (χ1) is 12.7. The zero-order valence-electron chi connectivity index (χ0n) is 16.0. The third-order valence-corrected chi connectivity index (χ3v) is 4.46. The molecule has 0 saturated carbocycles. The van der Waals surface area contributed by atoms with Gasteiger partial charge in [-0.1, -0.05) is 26.8 Å². The van der Waals surface area contributed by atoms with Crippen molar-refractivity contribution in [2.75, 3.05) is 18.5 Å². The Hall–Kier alpha value is -2.34. The summed E-state index contributed by atoms with van der Waals surface area (Å²) in [6, 6.07) is 12.4. The number of esters is 1. The maximum absolute atomic E-state index is 12.1. The molecular weight excluding hydrogens is 410 g/mol. The van der Waals surface area contributed by atoms with Crippen molar-refractivity contribution < 1.29 is 19.1 Å². The van der Waals surface area contributed by atoms with Gasteiger partial charge >= 0.3 is 5.97 Å². The smallest absolute Gasteiger partial charge is 0.338 e. The van der Waals surface area contributed by atoms with Gasteiger partial charge in [0.25, 0.3) is 5.91 Å². The van der Waals surface area contributed by atoms with Gasteiger partial charge in [-0.05, 0) is 70.2 Å². The van der Waals surface area contributed by atoms with Crippen LogP contribution in [0.1, 0.15) is 43.6 Å². The average molecular weight is 434 g/mol. The van der Waals surface area contributed by atoms with Crippen LogP contribution in [0.15, 0.2) is 46.9 Å². The van der Waals surface area contributed by atoms with Crippen LogP contribution in [-0.2, 0) is 14.9 Å². The Labute approximate surface area is 168 Å². The predicted octanol–water partition coefficient (Wildman–Crippen LogP) is 4.94. The molecule has 0 aliphatic heterocycles. The largest absolute Gasteiger partial charge is 0.483 e. The molecule has 0 spiro atoms. The van der Waals surface area contributed by atoms with Crippen molar-refractivity contribution in [3.8, 4) is 5.75 Å². The molecule has 0 bridgehead atoms. The Balaban J connectivity index is 1.92. The Bertz CT molecular complexity index is 810. The van der Waals surface area contributed by atoms with E-state index < -0.39 is 0 Å². The van der Waals surface area contributed by atoms with Crippen LogP contribution in [0.3, 0.4) is 0 Å². The summed E-state index contributed by atoms with van der Waals surface area (Å²) in [5.74, 6) is -0.0660. The molecule has 0 aliphatic rings. The van der Waals surface area contributed by atoms with Gasteiger partial charge in [0.05, 0.1) is 16.6 Å². The van der Waals surface area contributed by atoms with E-state index >= 15 is 0 Å². The molecule has 1 amide bonds. The number of halogens is 1. The highest BCUT2D eigenvalue weighted by Gasteiger charge is 2.16. The van der Waals surface area contributed by atoms with Crippen LogP contribution < -0.4 is 10.1 Å². The molecular formula is C21H24BrNO4. The molecule has 0 saturated heterocycles. The maximum Gasteiger partial charge on any atom is 0.338 e. The minimum Gasteiger partial charge on any atom is -0.483 e. The molecule has 2 aromatic carbocycles. The number of carbonyl (C=O) groups excluding carboxylic acids is 2. The van der Waals surface area contributed by atoms with E-state index in [2.05, 4.69) is 42.0 Å². The van der Waals surface area contributed by atoms with Gasteiger partial charge in [-0.15, -0.1) is 0 Å². The summed E-state index contributed by atoms with van der Waals surface area (Å²) in [5.41, 5.74) is 2.23. The molecule has 144 valence electrons. The van der Waals surface area contributed by atoms with Crippen molar-refractivity contribution >= 4 is 33.5 Å². The Morgan fingerprint density at radius 1 is 1.07 bits per heavy atom. The minimum atomic E-state index is -0.387. The van der Waals surface area contributed by atoms with Gasteiger partial charge in [0.1, 0.15) is 5.75 Å². The van der Waals surface area contributed by atoms with Gasteiger partial charge in [-0.2, -0.15) is 0 Å². The Morgan fingerprint density at radius 2 is 1.74 bits per heavy atom. The first-order valence-electron chi connectivity index (χ1n) is 8.70. The molecule has 27 heavy (non-hydrogen) atoms. The molecule has 0 radical (unpaired) electrons. The summed E-state index contributed by atoms with van der Waals surface area (Å²) in [6.07, 6.45) is 0. The predicted molar refractivity (Wildman–Crippen MR) is 109 cm³/mol. The van der Waals surface area contributed by atoms with Crippen LogP contribution in [0.4, 0.5) is 5.69 Å². The standard InChI is InChI=1S/C21H24BrNO4/c1-5-26-20(25)14-6-9-16(10-7-14)23-19(24)13-27-18-11-8-15(12-17(18)22)21(2,3)4/h6-12H,5,13H2,1-4H3,(H,23,24). The summed E-state index contributed by atoms with van der Waals surface area (Å²) in [7, 11) is 0. The number of hydrogen-bond acceptors (Lipinski definition) is 4. The number of hydrogen-bond donors (Lipinski definition) is 1. The topological polar surface area (TPSA) is 64.6 Å². The number of benzene rings is 2. The second kappa shape index (κ2) is 9.04. The monoisotopic (exact) mass is 433 g/mol. The van der Waals surface area contributed by atoms with Crippen LogP contribution >= 0.6 is 15.9 Å². The van der Waals surface area contributed by atoms with E-state index in [1.54, 1.807) is 31.2 Å². The molecule has 0 aromatic heterocycles. The number of nitrogens with one attached hydrogen (secondary N) is 1. The van der Waals surface area contributed by atoms with Gasteiger partial charge in [-0.3, -0.25) is 4.79 Å². The van der Waals surface area contributed by atoms with Crippen LogP contribution in [0.2, 0.25) is 0 Å². The first kappa shape index (κ1) is 21.0. The Kier molecular flexibility index (Phi) is 7.02. The molecule has 2 rings (SSSR count). The number of anilines is 1. The van der Waals surface area contributed by atoms with Crippen molar-refractivity contribution in [2.24, 2.45) is 0 Å². The van der Waals surface area contributed by atoms with E-state index in [9.17, 15) is 9.59 Å². The summed E-state index contributed by atoms with van der Waals surface area (Å²) >= 11 is 3.49. The van der Waals surface area contributed by atoms with E-state index in [0.717, 1.165) is 4.47 Å². The molecule has 6 heteroatoms. The summed E-state index contributed by atoms with van der Waals surface area (Å²) in [4.78, 5) is 23.7. The van der Waals surface area contributed by atoms with Crippen molar-refractivity contribution in [3.05, 3.63) is 58.1 Å². The molecule has 0 aliphatic carbocycles. The minimum absolute atomic E-state index is 0.0359. The first-order valence-corrected chi connectivity index (χ1v) is 9.50. The lowest BCUT2D eigenvalue weighted by Gasteiger charge is -2.20. The highest BCUT2D eigenvalue weighted by Crippen LogP contribution is 2.31. The summed E-state index contributed by atoms with van der Waals surface area (Å²) in [5, 5.41) is 2.73. The quantitative estimate of drug-likeness (QED) is 0.655. The maximum atomic E-state index is 12.1. The van der Waals surface area contributed by atoms with Gasteiger partial charge < -0.3 is 14.8 Å². The molecule has 0 unspecified atom stereocenters. The zero-order valence-corrected chi connectivity index (χ0v) is 17.6. The second-order valence-corrected chi connectivity index (χ2v) is 7.88. The number of amides is 1. The fraction of sp³-hybridized carbons (Fsp3) is 0.333. The number of ether oxygens (including phenoxy) is 2. The Morgan fingerprint density at radius 3 is 2.30 bits per heavy atom. The normalized spacial score (nSPS) is 11.0. The van der Waals surface area contributed by atoms with Crippen molar-refractivity contribution in [1.29, 1.82) is 0 Å². The lowest BCUT2D eigenvalue weighted by molar-refractivity contribution is -0.118. The fourth-order valence-electron chi connectivity index (χ4n) is 2.33. The van der Waals surface area contributed by atoms with E-state index in [0.29, 0.717) is 23.6 Å². The molecule has 0 fully saturated rings. The van der Waals surface area contributed by atoms with Gasteiger partial charge in [0.2, 0.25) is 0 Å². The lowest BCUT2D eigenvalue weighted by atomic mass is 9.87.